The summed E-state index contributed by atoms with van der Waals surface area (Å²) in [5.74, 6) is 0. The molecule has 1 aliphatic heterocycles. The number of hydrogen-bond donors (Lipinski definition) is 1. The van der Waals surface area contributed by atoms with Crippen molar-refractivity contribution in [2.24, 2.45) is 0 Å². The first-order valence-corrected chi connectivity index (χ1v) is 6.29. The molecule has 1 aliphatic rings. The van der Waals surface area contributed by atoms with E-state index in [1.807, 2.05) is 0 Å². The van der Waals surface area contributed by atoms with Crippen molar-refractivity contribution in [1.29, 1.82) is 0 Å². The summed E-state index contributed by atoms with van der Waals surface area (Å²) in [5, 5.41) is 20.1. The molecule has 0 saturated carbocycles. The minimum Gasteiger partial charge on any atom is -0.392 e. The van der Waals surface area contributed by atoms with Crippen molar-refractivity contribution < 1.29 is 10.0 Å². The van der Waals surface area contributed by atoms with Gasteiger partial charge in [0.15, 0.2) is 0 Å². The van der Waals surface area contributed by atoms with E-state index in [9.17, 15) is 15.2 Å². The Bertz CT molecular complexity index is 405. The maximum atomic E-state index is 10.5. The second kappa shape index (κ2) is 5.93. The van der Waals surface area contributed by atoms with Gasteiger partial charge in [-0.15, -0.1) is 0 Å². The molecular formula is C13H18N2O3. The van der Waals surface area contributed by atoms with Crippen LogP contribution in [0.25, 0.3) is 0 Å². The fourth-order valence-electron chi connectivity index (χ4n) is 2.31. The Kier molecular flexibility index (Phi) is 4.28. The van der Waals surface area contributed by atoms with Gasteiger partial charge in [0.1, 0.15) is 0 Å². The number of hydrogen-bond acceptors (Lipinski definition) is 4. The highest BCUT2D eigenvalue weighted by Crippen LogP contribution is 2.14. The number of piperidine rings is 1. The first kappa shape index (κ1) is 13.0. The molecule has 1 N–H and O–H groups in total. The molecule has 1 atom stereocenters. The lowest BCUT2D eigenvalue weighted by Crippen LogP contribution is -2.39. The Morgan fingerprint density at radius 1 is 1.39 bits per heavy atom. The standard InChI is InChI=1S/C13H18N2O3/c16-13-2-1-8-14(10-13)9-7-11-3-5-12(6-4-11)15(17)18/h3-6,13,16H,1-2,7-10H2. The highest BCUT2D eigenvalue weighted by Gasteiger charge is 2.17. The van der Waals surface area contributed by atoms with E-state index in [-0.39, 0.29) is 16.7 Å². The third kappa shape index (κ3) is 3.51. The second-order valence-electron chi connectivity index (χ2n) is 4.77. The molecule has 1 heterocycles. The molecule has 5 nitrogen and oxygen atoms in total. The molecule has 98 valence electrons. The van der Waals surface area contributed by atoms with Crippen molar-refractivity contribution in [2.75, 3.05) is 19.6 Å². The summed E-state index contributed by atoms with van der Waals surface area (Å²) in [5.41, 5.74) is 1.23. The van der Waals surface area contributed by atoms with E-state index in [0.29, 0.717) is 0 Å². The SMILES string of the molecule is O=[N+]([O-])c1ccc(CCN2CCCC(O)C2)cc1. The van der Waals surface area contributed by atoms with Gasteiger partial charge >= 0.3 is 0 Å². The van der Waals surface area contributed by atoms with Crippen LogP contribution in [-0.4, -0.2) is 40.7 Å². The van der Waals surface area contributed by atoms with Crippen LogP contribution >= 0.6 is 0 Å². The summed E-state index contributed by atoms with van der Waals surface area (Å²) in [6.45, 7) is 2.67. The molecule has 18 heavy (non-hydrogen) atoms. The van der Waals surface area contributed by atoms with E-state index in [0.717, 1.165) is 44.5 Å². The van der Waals surface area contributed by atoms with Gasteiger partial charge in [-0.3, -0.25) is 10.1 Å². The molecule has 0 aliphatic carbocycles. The quantitative estimate of drug-likeness (QED) is 0.651. The summed E-state index contributed by atoms with van der Waals surface area (Å²) in [4.78, 5) is 12.4. The molecule has 1 aromatic rings. The topological polar surface area (TPSA) is 66.6 Å². The zero-order valence-electron chi connectivity index (χ0n) is 10.3. The summed E-state index contributed by atoms with van der Waals surface area (Å²) in [6, 6.07) is 6.69. The Balaban J connectivity index is 1.84. The highest BCUT2D eigenvalue weighted by atomic mass is 16.6. The van der Waals surface area contributed by atoms with Crippen molar-refractivity contribution in [3.8, 4) is 0 Å². The summed E-state index contributed by atoms with van der Waals surface area (Å²) in [7, 11) is 0. The molecule has 1 unspecified atom stereocenters. The van der Waals surface area contributed by atoms with Crippen LogP contribution in [0.5, 0.6) is 0 Å². The smallest absolute Gasteiger partial charge is 0.269 e. The van der Waals surface area contributed by atoms with E-state index in [4.69, 9.17) is 0 Å². The monoisotopic (exact) mass is 250 g/mol. The number of aliphatic hydroxyl groups is 1. The lowest BCUT2D eigenvalue weighted by Gasteiger charge is -2.29. The van der Waals surface area contributed by atoms with Crippen LogP contribution in [-0.2, 0) is 6.42 Å². The highest BCUT2D eigenvalue weighted by molar-refractivity contribution is 5.32. The number of nitro benzene ring substituents is 1. The van der Waals surface area contributed by atoms with E-state index in [1.54, 1.807) is 24.3 Å². The minimum absolute atomic E-state index is 0.132. The first-order chi connectivity index (χ1) is 8.65. The molecular weight excluding hydrogens is 232 g/mol. The number of benzene rings is 1. The van der Waals surface area contributed by atoms with Gasteiger partial charge < -0.3 is 10.0 Å². The van der Waals surface area contributed by atoms with Crippen LogP contribution in [0.3, 0.4) is 0 Å². The van der Waals surface area contributed by atoms with Gasteiger partial charge in [-0.05, 0) is 31.4 Å². The fourth-order valence-corrected chi connectivity index (χ4v) is 2.31. The van der Waals surface area contributed by atoms with Crippen LogP contribution in [0, 0.1) is 10.1 Å². The normalized spacial score (nSPS) is 20.8. The molecule has 0 bridgehead atoms. The number of aliphatic hydroxyl groups excluding tert-OH is 1. The molecule has 0 spiro atoms. The second-order valence-corrected chi connectivity index (χ2v) is 4.77. The molecule has 5 heteroatoms. The Hall–Kier alpha value is -1.46. The molecule has 1 fully saturated rings. The van der Waals surface area contributed by atoms with Gasteiger partial charge in [-0.25, -0.2) is 0 Å². The number of nitro groups is 1. The molecule has 0 aromatic heterocycles. The predicted octanol–water partition coefficient (Wildman–Crippen LogP) is 1.59. The Morgan fingerprint density at radius 2 is 2.11 bits per heavy atom. The van der Waals surface area contributed by atoms with Crippen LogP contribution in [0.15, 0.2) is 24.3 Å². The van der Waals surface area contributed by atoms with Gasteiger partial charge in [0, 0.05) is 25.2 Å². The van der Waals surface area contributed by atoms with E-state index in [2.05, 4.69) is 4.90 Å². The number of non-ortho nitro benzene ring substituents is 1. The Morgan fingerprint density at radius 3 is 2.72 bits per heavy atom. The number of β-amino-alcohol motifs (C(OH)–C–C–N with tert-alkyl or cyclic N) is 1. The largest absolute Gasteiger partial charge is 0.392 e. The van der Waals surface area contributed by atoms with Crippen molar-refractivity contribution >= 4 is 5.69 Å². The van der Waals surface area contributed by atoms with E-state index in [1.165, 1.54) is 0 Å². The lowest BCUT2D eigenvalue weighted by molar-refractivity contribution is -0.384. The van der Waals surface area contributed by atoms with E-state index < -0.39 is 0 Å². The zero-order chi connectivity index (χ0) is 13.0. The van der Waals surface area contributed by atoms with Crippen LogP contribution < -0.4 is 0 Å². The van der Waals surface area contributed by atoms with Gasteiger partial charge in [0.25, 0.3) is 5.69 Å². The fraction of sp³-hybridized carbons (Fsp3) is 0.538. The van der Waals surface area contributed by atoms with Gasteiger partial charge in [0.2, 0.25) is 0 Å². The third-order valence-electron chi connectivity index (χ3n) is 3.34. The van der Waals surface area contributed by atoms with Crippen LogP contribution in [0.2, 0.25) is 0 Å². The molecule has 1 aromatic carbocycles. The summed E-state index contributed by atoms with van der Waals surface area (Å²) >= 11 is 0. The average Bonchev–Trinajstić information content (AvgIpc) is 2.37. The van der Waals surface area contributed by atoms with Crippen LogP contribution in [0.1, 0.15) is 18.4 Å². The number of rotatable bonds is 4. The predicted molar refractivity (Wildman–Crippen MR) is 68.5 cm³/mol. The Labute approximate surface area is 106 Å². The van der Waals surface area contributed by atoms with Crippen molar-refractivity contribution in [1.82, 2.24) is 4.90 Å². The van der Waals surface area contributed by atoms with Crippen molar-refractivity contribution in [3.63, 3.8) is 0 Å². The number of nitrogens with zero attached hydrogens (tertiary/aromatic N) is 2. The maximum Gasteiger partial charge on any atom is 0.269 e. The van der Waals surface area contributed by atoms with Gasteiger partial charge in [0.05, 0.1) is 11.0 Å². The van der Waals surface area contributed by atoms with Crippen LogP contribution in [0.4, 0.5) is 5.69 Å². The van der Waals surface area contributed by atoms with Crippen molar-refractivity contribution in [2.45, 2.75) is 25.4 Å². The molecule has 0 amide bonds. The lowest BCUT2D eigenvalue weighted by atomic mass is 10.1. The third-order valence-corrected chi connectivity index (χ3v) is 3.34. The molecule has 2 rings (SSSR count). The number of likely N-dealkylation sites (tertiary alicyclic amines) is 1. The molecule has 1 saturated heterocycles. The van der Waals surface area contributed by atoms with Gasteiger partial charge in [-0.2, -0.15) is 0 Å². The summed E-state index contributed by atoms with van der Waals surface area (Å²) in [6.07, 6.45) is 2.61. The summed E-state index contributed by atoms with van der Waals surface area (Å²) < 4.78 is 0. The minimum atomic E-state index is -0.384. The van der Waals surface area contributed by atoms with Crippen molar-refractivity contribution in [3.05, 3.63) is 39.9 Å². The van der Waals surface area contributed by atoms with Gasteiger partial charge in [-0.1, -0.05) is 12.1 Å². The maximum absolute atomic E-state index is 10.5. The first-order valence-electron chi connectivity index (χ1n) is 6.29. The molecule has 0 radical (unpaired) electrons. The average molecular weight is 250 g/mol. The zero-order valence-corrected chi connectivity index (χ0v) is 10.3. The van der Waals surface area contributed by atoms with E-state index >= 15 is 0 Å².